The van der Waals surface area contributed by atoms with Crippen LogP contribution in [0.1, 0.15) is 162 Å². The van der Waals surface area contributed by atoms with Crippen LogP contribution in [-0.4, -0.2) is 133 Å². The van der Waals surface area contributed by atoms with Crippen LogP contribution in [0, 0.1) is 0 Å². The van der Waals surface area contributed by atoms with Crippen LogP contribution in [0.15, 0.2) is 24.3 Å². The van der Waals surface area contributed by atoms with Crippen molar-refractivity contribution >= 4 is 23.3 Å². The first-order valence-electron chi connectivity index (χ1n) is 24.7. The molecule has 3 aromatic rings. The number of aromatic nitrogens is 6. The lowest BCUT2D eigenvalue weighted by atomic mass is 9.80. The Morgan fingerprint density at radius 2 is 0.529 bits per heavy atom. The summed E-state index contributed by atoms with van der Waals surface area (Å²) in [5.41, 5.74) is -4.00. The number of hydrogen-bond acceptors (Lipinski definition) is 16. The van der Waals surface area contributed by atoms with Gasteiger partial charge < -0.3 is 28.7 Å². The lowest BCUT2D eigenvalue weighted by molar-refractivity contribution is -0.297. The molecule has 0 N–H and O–H groups in total. The van der Waals surface area contributed by atoms with Crippen molar-refractivity contribution in [2.75, 3.05) is 23.9 Å². The summed E-state index contributed by atoms with van der Waals surface area (Å²) in [6.07, 6.45) is 2.25. The highest BCUT2D eigenvalue weighted by molar-refractivity contribution is 5.64. The van der Waals surface area contributed by atoms with Crippen LogP contribution in [0.5, 0.6) is 24.0 Å². The van der Waals surface area contributed by atoms with Gasteiger partial charge in [0.25, 0.3) is 0 Å². The fourth-order valence-corrected chi connectivity index (χ4v) is 11.9. The fraction of sp³-hybridized carbons (Fsp3) is 0.760. The van der Waals surface area contributed by atoms with Crippen molar-refractivity contribution in [1.29, 1.82) is 0 Å². The van der Waals surface area contributed by atoms with E-state index in [1.54, 1.807) is 9.80 Å². The average molecular weight is 975 g/mol. The quantitative estimate of drug-likeness (QED) is 0.166. The lowest BCUT2D eigenvalue weighted by Crippen LogP contribution is -2.60. The third-order valence-electron chi connectivity index (χ3n) is 14.7. The molecule has 0 spiro atoms. The molecule has 0 amide bonds. The molecule has 4 radical (unpaired) electrons. The van der Waals surface area contributed by atoms with Crippen molar-refractivity contribution in [1.82, 2.24) is 50.2 Å². The Morgan fingerprint density at radius 1 is 0.357 bits per heavy atom. The summed E-state index contributed by atoms with van der Waals surface area (Å²) in [7, 11) is 3.68. The number of benzene rings is 1. The minimum atomic E-state index is -0.684. The van der Waals surface area contributed by atoms with E-state index >= 15 is 0 Å². The van der Waals surface area contributed by atoms with Crippen LogP contribution >= 0.6 is 0 Å². The summed E-state index contributed by atoms with van der Waals surface area (Å²) in [4.78, 5) is 32.1. The van der Waals surface area contributed by atoms with E-state index < -0.39 is 44.3 Å². The molecule has 20 heteroatoms. The zero-order chi connectivity index (χ0) is 51.9. The molecule has 4 aliphatic heterocycles. The van der Waals surface area contributed by atoms with Crippen LogP contribution in [-0.2, 0) is 20.8 Å². The second kappa shape index (κ2) is 18.3. The molecule has 70 heavy (non-hydrogen) atoms. The molecule has 2 aromatic heterocycles. The fourth-order valence-electron chi connectivity index (χ4n) is 11.9. The number of rotatable bonds is 12. The van der Waals surface area contributed by atoms with Gasteiger partial charge in [-0.25, -0.2) is 0 Å². The van der Waals surface area contributed by atoms with E-state index in [9.17, 15) is 20.8 Å². The normalized spacial score (nSPS) is 25.0. The predicted molar refractivity (Wildman–Crippen MR) is 260 cm³/mol. The van der Waals surface area contributed by atoms with E-state index in [1.165, 1.54) is 0 Å². The Labute approximate surface area is 415 Å². The molecule has 6 heterocycles. The first-order chi connectivity index (χ1) is 32.0. The minimum Gasteiger partial charge on any atom is -0.460 e. The molecule has 7 rings (SSSR count). The lowest BCUT2D eigenvalue weighted by Gasteiger charge is -2.49. The highest BCUT2D eigenvalue weighted by atomic mass is 16.5. The van der Waals surface area contributed by atoms with Gasteiger partial charge in [0, 0.05) is 121 Å². The number of anilines is 4. The largest absolute Gasteiger partial charge is 0.460 e. The SMILES string of the molecule is CN(c1ccc(N(C)c2nc(OC3CC(C)(C)N([O])C(C)(C)C3)nc(OC3CC(C)(C)N([O])C(C)(C)C3)n2)cc1)c1nc(OC2CC(C)(C)N([O])C(C)(C)C2)nc(OC2CC(C)(C)N([O])C(C)(C)C2)n1. The zero-order valence-corrected chi connectivity index (χ0v) is 44.9. The number of ether oxygens (including phenoxy) is 4. The van der Waals surface area contributed by atoms with Crippen molar-refractivity contribution in [2.24, 2.45) is 0 Å². The summed E-state index contributed by atoms with van der Waals surface area (Å²) in [6, 6.07) is 7.94. The predicted octanol–water partition coefficient (Wildman–Crippen LogP) is 8.58. The van der Waals surface area contributed by atoms with Crippen molar-refractivity contribution in [3.63, 3.8) is 0 Å². The molecule has 1 aromatic carbocycles. The van der Waals surface area contributed by atoms with Gasteiger partial charge in [-0.1, -0.05) is 0 Å². The summed E-state index contributed by atoms with van der Waals surface area (Å²) in [6.45, 7) is 30.6. The van der Waals surface area contributed by atoms with Gasteiger partial charge in [0.15, 0.2) is 0 Å². The van der Waals surface area contributed by atoms with Crippen LogP contribution in [0.4, 0.5) is 23.3 Å². The standard InChI is InChI=1S/C50H78N12O8/c1-43(2)23-33(24-44(3,4)59(43)63)67-39-51-37(52-40(55-39)68-34-25-45(5,6)60(64)46(7,8)26-34)57(17)31-19-21-32(22-20-31)58(18)38-53-41(69-35-27-47(9,10)61(65)48(11,12)28-35)56-42(54-38)70-36-29-49(13,14)62(66)50(15,16)30-36/h19-22,33-36H,23-30H2,1-18H3. The van der Waals surface area contributed by atoms with Gasteiger partial charge in [-0.2, -0.15) is 19.9 Å². The smallest absolute Gasteiger partial charge is 0.324 e. The van der Waals surface area contributed by atoms with E-state index in [1.807, 2.05) is 149 Å². The highest BCUT2D eigenvalue weighted by Crippen LogP contribution is 2.43. The van der Waals surface area contributed by atoms with Gasteiger partial charge >= 0.3 is 24.0 Å². The van der Waals surface area contributed by atoms with Crippen LogP contribution in [0.2, 0.25) is 0 Å². The molecule has 0 atom stereocenters. The summed E-state index contributed by atoms with van der Waals surface area (Å²) in [5, 5.41) is 57.5. The Hall–Kier alpha value is -4.28. The molecule has 4 saturated heterocycles. The van der Waals surface area contributed by atoms with Gasteiger partial charge in [-0.15, -0.1) is 51.0 Å². The molecule has 4 fully saturated rings. The molecule has 4 aliphatic rings. The Kier molecular flexibility index (Phi) is 14.0. The van der Waals surface area contributed by atoms with E-state index in [0.717, 1.165) is 31.6 Å². The zero-order valence-electron chi connectivity index (χ0n) is 44.9. The second-order valence-electron chi connectivity index (χ2n) is 25.3. The maximum absolute atomic E-state index is 13.2. The van der Waals surface area contributed by atoms with Gasteiger partial charge in [0.05, 0.1) is 0 Å². The number of hydrogen-bond donors (Lipinski definition) is 0. The van der Waals surface area contributed by atoms with Crippen molar-refractivity contribution in [3.05, 3.63) is 24.3 Å². The first-order valence-corrected chi connectivity index (χ1v) is 24.7. The molecule has 386 valence electrons. The minimum absolute atomic E-state index is 0.0706. The molecule has 20 nitrogen and oxygen atoms in total. The maximum Gasteiger partial charge on any atom is 0.324 e. The van der Waals surface area contributed by atoms with Crippen LogP contribution in [0.3, 0.4) is 0 Å². The summed E-state index contributed by atoms with van der Waals surface area (Å²) >= 11 is 0. The molecular formula is C50H78N12O8. The van der Waals surface area contributed by atoms with Crippen molar-refractivity contribution in [3.8, 4) is 24.0 Å². The highest BCUT2D eigenvalue weighted by Gasteiger charge is 2.51. The third-order valence-corrected chi connectivity index (χ3v) is 14.7. The van der Waals surface area contributed by atoms with Gasteiger partial charge in [-0.05, 0) is 135 Å². The monoisotopic (exact) mass is 975 g/mol. The second-order valence-corrected chi connectivity index (χ2v) is 25.3. The molecule has 0 aliphatic carbocycles. The maximum atomic E-state index is 13.2. The molecule has 0 unspecified atom stereocenters. The number of nitrogens with zero attached hydrogens (tertiary/aromatic N) is 12. The molecule has 0 saturated carbocycles. The van der Waals surface area contributed by atoms with Crippen molar-refractivity contribution < 1.29 is 39.8 Å². The Balaban J connectivity index is 1.18. The van der Waals surface area contributed by atoms with Crippen molar-refractivity contribution in [2.45, 2.75) is 231 Å². The number of hydroxylamine groups is 8. The average Bonchev–Trinajstić information content (AvgIpc) is 3.21. The Bertz CT molecular complexity index is 1990. The third kappa shape index (κ3) is 11.2. The van der Waals surface area contributed by atoms with Crippen LogP contribution in [0.25, 0.3) is 0 Å². The molecule has 0 bridgehead atoms. The first kappa shape index (κ1) is 53.5. The van der Waals surface area contributed by atoms with E-state index in [2.05, 4.69) is 9.97 Å². The van der Waals surface area contributed by atoms with Gasteiger partial charge in [0.2, 0.25) is 11.9 Å². The summed E-state index contributed by atoms with van der Waals surface area (Å²) in [5.74, 6) is 0.537. The molecular weight excluding hydrogens is 897 g/mol. The van der Waals surface area contributed by atoms with E-state index in [0.29, 0.717) is 51.4 Å². The van der Waals surface area contributed by atoms with E-state index in [-0.39, 0.29) is 60.4 Å². The van der Waals surface area contributed by atoms with E-state index in [4.69, 9.17) is 38.9 Å². The van der Waals surface area contributed by atoms with Gasteiger partial charge in [-0.3, -0.25) is 0 Å². The topological polar surface area (TPSA) is 213 Å². The number of piperidine rings is 4. The summed E-state index contributed by atoms with van der Waals surface area (Å²) < 4.78 is 26.1. The van der Waals surface area contributed by atoms with Crippen LogP contribution < -0.4 is 28.7 Å². The Morgan fingerprint density at radius 3 is 0.700 bits per heavy atom. The van der Waals surface area contributed by atoms with Gasteiger partial charge in [0.1, 0.15) is 24.4 Å².